The summed E-state index contributed by atoms with van der Waals surface area (Å²) in [5, 5.41) is 12.5. The maximum absolute atomic E-state index is 12.8. The maximum atomic E-state index is 12.8. The van der Waals surface area contributed by atoms with Gasteiger partial charge in [-0.15, -0.1) is 0 Å². The van der Waals surface area contributed by atoms with Crippen molar-refractivity contribution in [1.29, 1.82) is 0 Å². The monoisotopic (exact) mass is 539 g/mol. The van der Waals surface area contributed by atoms with Gasteiger partial charge in [-0.25, -0.2) is 8.42 Å². The van der Waals surface area contributed by atoms with E-state index in [9.17, 15) is 13.2 Å². The van der Waals surface area contributed by atoms with Crippen molar-refractivity contribution >= 4 is 60.8 Å². The Balaban J connectivity index is 1.38. The minimum Gasteiger partial charge on any atom is -0.346 e. The number of amides is 1. The van der Waals surface area contributed by atoms with E-state index < -0.39 is 9.84 Å². The van der Waals surface area contributed by atoms with Gasteiger partial charge in [0.2, 0.25) is 0 Å². The molecule has 0 atom stereocenters. The van der Waals surface area contributed by atoms with Crippen molar-refractivity contribution in [3.8, 4) is 0 Å². The average Bonchev–Trinajstić information content (AvgIpc) is 3.23. The number of H-pyrrole nitrogens is 1. The van der Waals surface area contributed by atoms with Gasteiger partial charge >= 0.3 is 0 Å². The molecule has 0 radical (unpaired) electrons. The molecule has 36 heavy (non-hydrogen) atoms. The first kappa shape index (κ1) is 24.2. The highest BCUT2D eigenvalue weighted by atomic mass is 35.5. The zero-order valence-corrected chi connectivity index (χ0v) is 21.2. The Labute approximate surface area is 216 Å². The number of carbonyl (C=O) groups excluding carboxylic acids is 1. The van der Waals surface area contributed by atoms with Gasteiger partial charge in [-0.1, -0.05) is 23.2 Å². The van der Waals surface area contributed by atoms with E-state index in [4.69, 9.17) is 23.2 Å². The molecule has 0 saturated heterocycles. The highest BCUT2D eigenvalue weighted by molar-refractivity contribution is 7.91. The van der Waals surface area contributed by atoms with Crippen LogP contribution in [-0.4, -0.2) is 40.7 Å². The Morgan fingerprint density at radius 1 is 1.03 bits per heavy atom. The first-order valence-electron chi connectivity index (χ1n) is 10.8. The van der Waals surface area contributed by atoms with Crippen LogP contribution in [0.3, 0.4) is 0 Å². The normalized spacial score (nSPS) is 11.8. The van der Waals surface area contributed by atoms with Crippen LogP contribution in [0, 0.1) is 0 Å². The molecule has 3 aromatic heterocycles. The highest BCUT2D eigenvalue weighted by Crippen LogP contribution is 2.27. The fourth-order valence-electron chi connectivity index (χ4n) is 4.00. The van der Waals surface area contributed by atoms with Crippen molar-refractivity contribution in [3.63, 3.8) is 0 Å². The summed E-state index contributed by atoms with van der Waals surface area (Å²) in [5.41, 5.74) is 3.60. The number of benzene rings is 2. The molecule has 0 unspecified atom stereocenters. The topological polar surface area (TPSA) is 118 Å². The summed E-state index contributed by atoms with van der Waals surface area (Å²) < 4.78 is 24.8. The number of aromatic nitrogens is 4. The lowest BCUT2D eigenvalue weighted by molar-refractivity contribution is 0.0950. The minimum atomic E-state index is -3.53. The molecule has 3 heterocycles. The second kappa shape index (κ2) is 9.50. The molecule has 0 spiro atoms. The number of hydrogen-bond acceptors (Lipinski definition) is 6. The number of fused-ring (bicyclic) bond motifs is 2. The Morgan fingerprint density at radius 2 is 1.86 bits per heavy atom. The smallest absolute Gasteiger partial charge is 0.251 e. The quantitative estimate of drug-likeness (QED) is 0.321. The van der Waals surface area contributed by atoms with Crippen molar-refractivity contribution in [2.45, 2.75) is 17.9 Å². The lowest BCUT2D eigenvalue weighted by Crippen LogP contribution is -2.23. The van der Waals surface area contributed by atoms with Crippen molar-refractivity contribution in [2.75, 3.05) is 6.26 Å². The lowest BCUT2D eigenvalue weighted by Gasteiger charge is -2.10. The molecule has 2 N–H and O–H groups in total. The van der Waals surface area contributed by atoms with Crippen LogP contribution in [-0.2, 0) is 22.8 Å². The molecule has 0 aliphatic heterocycles. The number of nitrogens with one attached hydrogen (secondary N) is 2. The number of sulfone groups is 1. The number of carbonyl (C=O) groups is 1. The van der Waals surface area contributed by atoms with Crippen LogP contribution >= 0.6 is 23.2 Å². The summed E-state index contributed by atoms with van der Waals surface area (Å²) in [6.07, 6.45) is 4.42. The number of halogens is 2. The van der Waals surface area contributed by atoms with Crippen molar-refractivity contribution in [1.82, 2.24) is 25.5 Å². The third-order valence-corrected chi connectivity index (χ3v) is 7.21. The van der Waals surface area contributed by atoms with E-state index >= 15 is 0 Å². The first-order chi connectivity index (χ1) is 17.2. The van der Waals surface area contributed by atoms with Gasteiger partial charge in [0.15, 0.2) is 9.84 Å². The standard InChI is InChI=1S/C25H19Cl2N5O3S/c1-36(34,35)23-8-14(6-16-9-18(27)12-29-24(16)23)7-19-10-15(4-5-28-19)25(33)30-13-22-20-11-17(26)2-3-21(20)31-32-22/h2-6,8-12H,7,13H2,1H3,(H,30,33)(H,31,32). The van der Waals surface area contributed by atoms with Crippen LogP contribution in [0.5, 0.6) is 0 Å². The van der Waals surface area contributed by atoms with Gasteiger partial charge in [-0.3, -0.25) is 19.9 Å². The van der Waals surface area contributed by atoms with E-state index in [0.29, 0.717) is 44.2 Å². The van der Waals surface area contributed by atoms with Crippen molar-refractivity contribution in [2.24, 2.45) is 0 Å². The van der Waals surface area contributed by atoms with E-state index in [1.165, 1.54) is 6.20 Å². The number of aromatic amines is 1. The van der Waals surface area contributed by atoms with Gasteiger partial charge in [0.1, 0.15) is 0 Å². The van der Waals surface area contributed by atoms with Crippen LogP contribution in [0.4, 0.5) is 0 Å². The van der Waals surface area contributed by atoms with Gasteiger partial charge in [0.25, 0.3) is 5.91 Å². The van der Waals surface area contributed by atoms with E-state index in [2.05, 4.69) is 25.5 Å². The third kappa shape index (κ3) is 5.04. The fourth-order valence-corrected chi connectivity index (χ4v) is 5.23. The van der Waals surface area contributed by atoms with E-state index in [1.54, 1.807) is 48.7 Å². The average molecular weight is 540 g/mol. The first-order valence-corrected chi connectivity index (χ1v) is 13.5. The molecule has 0 bridgehead atoms. The van der Waals surface area contributed by atoms with Gasteiger partial charge in [0.05, 0.1) is 33.2 Å². The summed E-state index contributed by atoms with van der Waals surface area (Å²) in [6.45, 7) is 0.240. The second-order valence-corrected chi connectivity index (χ2v) is 11.2. The van der Waals surface area contributed by atoms with Crippen LogP contribution in [0.2, 0.25) is 10.0 Å². The second-order valence-electron chi connectivity index (χ2n) is 8.35. The van der Waals surface area contributed by atoms with Crippen LogP contribution in [0.25, 0.3) is 21.8 Å². The van der Waals surface area contributed by atoms with Crippen molar-refractivity contribution in [3.05, 3.63) is 93.5 Å². The summed E-state index contributed by atoms with van der Waals surface area (Å²) >= 11 is 12.2. The minimum absolute atomic E-state index is 0.118. The van der Waals surface area contributed by atoms with Gasteiger partial charge < -0.3 is 5.32 Å². The summed E-state index contributed by atoms with van der Waals surface area (Å²) in [7, 11) is -3.53. The molecule has 0 fully saturated rings. The zero-order valence-electron chi connectivity index (χ0n) is 18.9. The molecular formula is C25H19Cl2N5O3S. The predicted octanol–water partition coefficient (Wildman–Crippen LogP) is 4.74. The van der Waals surface area contributed by atoms with Gasteiger partial charge in [-0.2, -0.15) is 5.10 Å². The fraction of sp³-hybridized carbons (Fsp3) is 0.120. The van der Waals surface area contributed by atoms with Crippen LogP contribution < -0.4 is 5.32 Å². The summed E-state index contributed by atoms with van der Waals surface area (Å²) in [6, 6.07) is 13.7. The summed E-state index contributed by atoms with van der Waals surface area (Å²) in [4.78, 5) is 21.5. The Kier molecular flexibility index (Phi) is 6.38. The van der Waals surface area contributed by atoms with Crippen LogP contribution in [0.15, 0.2) is 65.8 Å². The Bertz CT molecular complexity index is 1750. The molecule has 0 aliphatic rings. The predicted molar refractivity (Wildman–Crippen MR) is 139 cm³/mol. The molecule has 8 nitrogen and oxygen atoms in total. The zero-order chi connectivity index (χ0) is 25.4. The molecule has 2 aromatic carbocycles. The molecule has 182 valence electrons. The van der Waals surface area contributed by atoms with E-state index in [0.717, 1.165) is 22.9 Å². The molecule has 0 saturated carbocycles. The van der Waals surface area contributed by atoms with Gasteiger partial charge in [0, 0.05) is 52.1 Å². The molecule has 11 heteroatoms. The number of pyridine rings is 2. The van der Waals surface area contributed by atoms with Crippen LogP contribution in [0.1, 0.15) is 27.3 Å². The molecule has 5 rings (SSSR count). The lowest BCUT2D eigenvalue weighted by atomic mass is 10.0. The van der Waals surface area contributed by atoms with E-state index in [1.807, 2.05) is 6.07 Å². The Morgan fingerprint density at radius 3 is 2.67 bits per heavy atom. The maximum Gasteiger partial charge on any atom is 0.251 e. The van der Waals surface area contributed by atoms with Gasteiger partial charge in [-0.05, 0) is 54.1 Å². The molecule has 0 aliphatic carbocycles. The molecule has 5 aromatic rings. The third-order valence-electron chi connectivity index (χ3n) is 5.66. The number of nitrogens with zero attached hydrogens (tertiary/aromatic N) is 3. The largest absolute Gasteiger partial charge is 0.346 e. The number of hydrogen-bond donors (Lipinski definition) is 2. The SMILES string of the molecule is CS(=O)(=O)c1cc(Cc2cc(C(=O)NCc3[nH]nc4ccc(Cl)cc34)ccn2)cc2cc(Cl)cnc12. The number of rotatable bonds is 6. The molecular weight excluding hydrogens is 521 g/mol. The van der Waals surface area contributed by atoms with Crippen molar-refractivity contribution < 1.29 is 13.2 Å². The summed E-state index contributed by atoms with van der Waals surface area (Å²) in [5.74, 6) is -0.283. The van der Waals surface area contributed by atoms with E-state index in [-0.39, 0.29) is 17.3 Å². The highest BCUT2D eigenvalue weighted by Gasteiger charge is 2.16. The molecule has 1 amide bonds. The Hall–Kier alpha value is -3.53.